The number of aryl methyl sites for hydroxylation is 2. The molecule has 1 nitrogen and oxygen atoms in total. The van der Waals surface area contributed by atoms with Gasteiger partial charge >= 0.3 is 0 Å². The number of rotatable bonds is 0. The van der Waals surface area contributed by atoms with Gasteiger partial charge in [-0.25, -0.2) is 0 Å². The van der Waals surface area contributed by atoms with E-state index in [1.54, 1.807) is 5.57 Å². The molecular formula is C18H19N. The van der Waals surface area contributed by atoms with Gasteiger partial charge in [0.05, 0.1) is 5.69 Å². The molecule has 1 aromatic heterocycles. The van der Waals surface area contributed by atoms with Gasteiger partial charge in [0.15, 0.2) is 0 Å². The second kappa shape index (κ2) is 3.63. The molecule has 0 radical (unpaired) electrons. The normalized spacial score (nSPS) is 21.1. The Morgan fingerprint density at radius 1 is 1.26 bits per heavy atom. The van der Waals surface area contributed by atoms with E-state index in [-0.39, 0.29) is 0 Å². The third-order valence-electron chi connectivity index (χ3n) is 4.61. The van der Waals surface area contributed by atoms with Crippen LogP contribution in [0.3, 0.4) is 0 Å². The maximum absolute atomic E-state index is 2.47. The van der Waals surface area contributed by atoms with Crippen LogP contribution >= 0.6 is 0 Å². The van der Waals surface area contributed by atoms with Crippen LogP contribution in [0.5, 0.6) is 0 Å². The van der Waals surface area contributed by atoms with Crippen LogP contribution in [0.15, 0.2) is 35.9 Å². The highest BCUT2D eigenvalue weighted by Gasteiger charge is 2.29. The Bertz CT molecular complexity index is 756. The van der Waals surface area contributed by atoms with Crippen LogP contribution in [-0.4, -0.2) is 4.57 Å². The fraction of sp³-hybridized carbons (Fsp3) is 0.333. The first-order chi connectivity index (χ1) is 9.15. The SMILES string of the molecule is Cc1ccc2c(c1)c1c(n2C)C2=CCC(C)C=C2C1. The molecule has 1 aromatic carbocycles. The van der Waals surface area contributed by atoms with Crippen molar-refractivity contribution in [3.63, 3.8) is 0 Å². The molecular weight excluding hydrogens is 230 g/mol. The van der Waals surface area contributed by atoms with Gasteiger partial charge in [0.25, 0.3) is 0 Å². The van der Waals surface area contributed by atoms with Crippen LogP contribution in [-0.2, 0) is 13.5 Å². The molecule has 0 amide bonds. The Morgan fingerprint density at radius 3 is 2.95 bits per heavy atom. The topological polar surface area (TPSA) is 4.93 Å². The summed E-state index contributed by atoms with van der Waals surface area (Å²) in [6.45, 7) is 4.49. The van der Waals surface area contributed by atoms with E-state index in [1.807, 2.05) is 0 Å². The highest BCUT2D eigenvalue weighted by Crippen LogP contribution is 2.44. The zero-order valence-corrected chi connectivity index (χ0v) is 11.8. The van der Waals surface area contributed by atoms with Crippen molar-refractivity contribution in [3.8, 4) is 0 Å². The molecule has 1 heteroatoms. The number of allylic oxidation sites excluding steroid dienone is 4. The Morgan fingerprint density at radius 2 is 2.11 bits per heavy atom. The van der Waals surface area contributed by atoms with E-state index in [9.17, 15) is 0 Å². The molecule has 1 atom stereocenters. The largest absolute Gasteiger partial charge is 0.343 e. The van der Waals surface area contributed by atoms with E-state index in [0.717, 1.165) is 6.42 Å². The van der Waals surface area contributed by atoms with Gasteiger partial charge < -0.3 is 4.57 Å². The minimum Gasteiger partial charge on any atom is -0.343 e. The van der Waals surface area contributed by atoms with Crippen molar-refractivity contribution >= 4 is 16.5 Å². The van der Waals surface area contributed by atoms with Crippen molar-refractivity contribution in [1.29, 1.82) is 0 Å². The summed E-state index contributed by atoms with van der Waals surface area (Å²) in [7, 11) is 2.21. The maximum atomic E-state index is 2.47. The van der Waals surface area contributed by atoms with Crippen molar-refractivity contribution in [1.82, 2.24) is 4.57 Å². The molecule has 96 valence electrons. The average Bonchev–Trinajstić information content (AvgIpc) is 2.86. The number of nitrogens with zero attached hydrogens (tertiary/aromatic N) is 1. The third kappa shape index (κ3) is 1.42. The fourth-order valence-electron chi connectivity index (χ4n) is 3.69. The van der Waals surface area contributed by atoms with Gasteiger partial charge in [-0.3, -0.25) is 0 Å². The summed E-state index contributed by atoms with van der Waals surface area (Å²) in [5.41, 5.74) is 8.75. The molecule has 0 fully saturated rings. The first-order valence-corrected chi connectivity index (χ1v) is 7.14. The number of fused-ring (bicyclic) bond motifs is 5. The molecule has 0 N–H and O–H groups in total. The first-order valence-electron chi connectivity index (χ1n) is 7.14. The van der Waals surface area contributed by atoms with Gasteiger partial charge in [0.2, 0.25) is 0 Å². The van der Waals surface area contributed by atoms with Crippen LogP contribution in [0.1, 0.15) is 30.2 Å². The minimum atomic E-state index is 0.695. The van der Waals surface area contributed by atoms with Gasteiger partial charge in [-0.15, -0.1) is 0 Å². The molecule has 19 heavy (non-hydrogen) atoms. The minimum absolute atomic E-state index is 0.695. The van der Waals surface area contributed by atoms with Gasteiger partial charge in [0, 0.05) is 24.4 Å². The monoisotopic (exact) mass is 249 g/mol. The third-order valence-corrected chi connectivity index (χ3v) is 4.61. The molecule has 0 bridgehead atoms. The molecule has 2 aliphatic carbocycles. The summed E-state index contributed by atoms with van der Waals surface area (Å²) in [5, 5.41) is 1.45. The molecule has 1 unspecified atom stereocenters. The summed E-state index contributed by atoms with van der Waals surface area (Å²) >= 11 is 0. The number of hydrogen-bond acceptors (Lipinski definition) is 0. The smallest absolute Gasteiger partial charge is 0.0524 e. The van der Waals surface area contributed by atoms with E-state index in [1.165, 1.54) is 39.7 Å². The van der Waals surface area contributed by atoms with Crippen LogP contribution in [0, 0.1) is 12.8 Å². The number of benzene rings is 1. The highest BCUT2D eigenvalue weighted by molar-refractivity contribution is 5.98. The van der Waals surface area contributed by atoms with Crippen LogP contribution < -0.4 is 0 Å². The van der Waals surface area contributed by atoms with Crippen molar-refractivity contribution < 1.29 is 0 Å². The maximum Gasteiger partial charge on any atom is 0.0524 e. The lowest BCUT2D eigenvalue weighted by molar-refractivity contribution is 0.730. The summed E-state index contributed by atoms with van der Waals surface area (Å²) in [6, 6.07) is 6.82. The molecule has 0 saturated carbocycles. The lowest BCUT2D eigenvalue weighted by Crippen LogP contribution is -2.00. The molecule has 0 spiro atoms. The molecule has 0 saturated heterocycles. The second-order valence-electron chi connectivity index (χ2n) is 6.11. The highest BCUT2D eigenvalue weighted by atomic mass is 15.0. The van der Waals surface area contributed by atoms with E-state index >= 15 is 0 Å². The molecule has 4 rings (SSSR count). The summed E-state index contributed by atoms with van der Waals surface area (Å²) in [4.78, 5) is 0. The van der Waals surface area contributed by atoms with Gasteiger partial charge in [-0.05, 0) is 48.1 Å². The van der Waals surface area contributed by atoms with Crippen molar-refractivity contribution in [2.75, 3.05) is 0 Å². The summed E-state index contributed by atoms with van der Waals surface area (Å²) in [6.07, 6.45) is 7.21. The van der Waals surface area contributed by atoms with E-state index in [4.69, 9.17) is 0 Å². The van der Waals surface area contributed by atoms with Crippen molar-refractivity contribution in [2.24, 2.45) is 13.0 Å². The predicted molar refractivity (Wildman–Crippen MR) is 81.2 cm³/mol. The van der Waals surface area contributed by atoms with E-state index in [0.29, 0.717) is 5.92 Å². The van der Waals surface area contributed by atoms with Gasteiger partial charge in [-0.2, -0.15) is 0 Å². The lowest BCUT2D eigenvalue weighted by atomic mass is 9.93. The van der Waals surface area contributed by atoms with E-state index < -0.39 is 0 Å². The van der Waals surface area contributed by atoms with Crippen LogP contribution in [0.25, 0.3) is 16.5 Å². The zero-order chi connectivity index (χ0) is 13.1. The average molecular weight is 249 g/mol. The summed E-state index contributed by atoms with van der Waals surface area (Å²) in [5.74, 6) is 0.695. The van der Waals surface area contributed by atoms with Crippen LogP contribution in [0.4, 0.5) is 0 Å². The predicted octanol–water partition coefficient (Wildman–Crippen LogP) is 4.39. The van der Waals surface area contributed by atoms with Crippen molar-refractivity contribution in [2.45, 2.75) is 26.7 Å². The molecule has 2 aromatic rings. The Labute approximate surface area is 114 Å². The van der Waals surface area contributed by atoms with Crippen molar-refractivity contribution in [3.05, 3.63) is 52.7 Å². The van der Waals surface area contributed by atoms with Crippen LogP contribution in [0.2, 0.25) is 0 Å². The molecule has 0 aliphatic heterocycles. The van der Waals surface area contributed by atoms with Gasteiger partial charge in [-0.1, -0.05) is 30.7 Å². The molecule has 2 aliphatic rings. The zero-order valence-electron chi connectivity index (χ0n) is 11.8. The Kier molecular flexibility index (Phi) is 2.12. The first kappa shape index (κ1) is 11.1. The van der Waals surface area contributed by atoms with Gasteiger partial charge in [0.1, 0.15) is 0 Å². The number of hydrogen-bond donors (Lipinski definition) is 0. The quantitative estimate of drug-likeness (QED) is 0.652. The number of aromatic nitrogens is 1. The Hall–Kier alpha value is -1.76. The molecule has 1 heterocycles. The summed E-state index contributed by atoms with van der Waals surface area (Å²) < 4.78 is 2.38. The van der Waals surface area contributed by atoms with E-state index in [2.05, 4.69) is 55.8 Å². The lowest BCUT2D eigenvalue weighted by Gasteiger charge is -2.15. The standard InChI is InChI=1S/C18H19N/c1-11-4-6-14-13(8-11)10-16-15-9-12(2)5-7-17(15)19(3)18(14)16/h5-9,11H,4,10H2,1-3H3. The Balaban J connectivity index is 2.04. The fourth-order valence-corrected chi connectivity index (χ4v) is 3.69. The second-order valence-corrected chi connectivity index (χ2v) is 6.11.